The van der Waals surface area contributed by atoms with Gasteiger partial charge < -0.3 is 14.2 Å². The predicted octanol–water partition coefficient (Wildman–Crippen LogP) is 7.71. The van der Waals surface area contributed by atoms with E-state index in [1.54, 1.807) is 0 Å². The lowest BCUT2D eigenvalue weighted by atomic mass is 10.0. The van der Waals surface area contributed by atoms with Gasteiger partial charge in [-0.05, 0) is 12.8 Å². The number of hydrogen-bond acceptors (Lipinski definition) is 3. The van der Waals surface area contributed by atoms with Gasteiger partial charge in [0.05, 0.1) is 26.4 Å². The highest BCUT2D eigenvalue weighted by Crippen LogP contribution is 2.12. The van der Waals surface area contributed by atoms with Crippen LogP contribution in [-0.2, 0) is 14.2 Å². The molecule has 0 fully saturated rings. The fraction of sp³-hybridized carbons (Fsp3) is 1.00. The molecule has 3 heteroatoms. The fourth-order valence-corrected chi connectivity index (χ4v) is 3.39. The molecule has 0 heterocycles. The Morgan fingerprint density at radius 1 is 0.286 bits per heavy atom. The highest BCUT2D eigenvalue weighted by atomic mass is 16.5. The van der Waals surface area contributed by atoms with E-state index >= 15 is 0 Å². The van der Waals surface area contributed by atoms with Crippen molar-refractivity contribution in [3.05, 3.63) is 0 Å². The summed E-state index contributed by atoms with van der Waals surface area (Å²) >= 11 is 0. The Morgan fingerprint density at radius 3 is 0.929 bits per heavy atom. The topological polar surface area (TPSA) is 27.7 Å². The van der Waals surface area contributed by atoms with Crippen LogP contribution in [0.1, 0.15) is 123 Å². The van der Waals surface area contributed by atoms with Crippen LogP contribution >= 0.6 is 0 Å². The van der Waals surface area contributed by atoms with E-state index in [9.17, 15) is 0 Å². The summed E-state index contributed by atoms with van der Waals surface area (Å²) in [5, 5.41) is 0. The third-order valence-corrected chi connectivity index (χ3v) is 5.28. The van der Waals surface area contributed by atoms with E-state index in [-0.39, 0.29) is 0 Å². The van der Waals surface area contributed by atoms with E-state index in [1.807, 2.05) is 0 Å². The Kier molecular flexibility index (Phi) is 26.8. The highest BCUT2D eigenvalue weighted by molar-refractivity contribution is 4.49. The van der Waals surface area contributed by atoms with Crippen molar-refractivity contribution in [3.8, 4) is 0 Å². The van der Waals surface area contributed by atoms with Gasteiger partial charge in [0.25, 0.3) is 0 Å². The zero-order valence-corrected chi connectivity index (χ0v) is 19.5. The lowest BCUT2D eigenvalue weighted by Gasteiger charge is -2.07. The summed E-state index contributed by atoms with van der Waals surface area (Å²) in [6.07, 6.45) is 23.3. The van der Waals surface area contributed by atoms with Gasteiger partial charge in [-0.15, -0.1) is 0 Å². The molecule has 3 nitrogen and oxygen atoms in total. The van der Waals surface area contributed by atoms with Crippen LogP contribution in [0.15, 0.2) is 0 Å². The third kappa shape index (κ3) is 25.9. The van der Waals surface area contributed by atoms with E-state index in [0.717, 1.165) is 13.2 Å². The Morgan fingerprint density at radius 2 is 0.536 bits per heavy atom. The number of hydrogen-bond donors (Lipinski definition) is 0. The molecule has 0 saturated heterocycles. The summed E-state index contributed by atoms with van der Waals surface area (Å²) in [7, 11) is 0. The highest BCUT2D eigenvalue weighted by Gasteiger charge is 1.95. The first-order valence-electron chi connectivity index (χ1n) is 12.6. The second-order valence-electron chi connectivity index (χ2n) is 8.14. The molecule has 0 bridgehead atoms. The van der Waals surface area contributed by atoms with E-state index < -0.39 is 0 Å². The van der Waals surface area contributed by atoms with Gasteiger partial charge in [0, 0.05) is 13.2 Å². The van der Waals surface area contributed by atoms with E-state index in [0.29, 0.717) is 26.4 Å². The van der Waals surface area contributed by atoms with Crippen molar-refractivity contribution in [2.75, 3.05) is 39.6 Å². The molecule has 0 amide bonds. The molecule has 0 radical (unpaired) electrons. The molecule has 28 heavy (non-hydrogen) atoms. The Bertz CT molecular complexity index is 232. The summed E-state index contributed by atoms with van der Waals surface area (Å²) in [5.41, 5.74) is 0. The van der Waals surface area contributed by atoms with Crippen LogP contribution in [0.2, 0.25) is 0 Å². The van der Waals surface area contributed by atoms with Gasteiger partial charge in [-0.25, -0.2) is 0 Å². The van der Waals surface area contributed by atoms with Crippen molar-refractivity contribution >= 4 is 0 Å². The lowest BCUT2D eigenvalue weighted by Crippen LogP contribution is -2.10. The van der Waals surface area contributed by atoms with Gasteiger partial charge in [-0.1, -0.05) is 110 Å². The minimum atomic E-state index is 0.689. The SMILES string of the molecule is CCCCCCCCCCCCCCCCOCCOCCOCCCCC. The first kappa shape index (κ1) is 27.9. The summed E-state index contributed by atoms with van der Waals surface area (Å²) in [5.74, 6) is 0. The molecule has 0 atom stereocenters. The van der Waals surface area contributed by atoms with Gasteiger partial charge in [-0.3, -0.25) is 0 Å². The van der Waals surface area contributed by atoms with Crippen LogP contribution in [0.3, 0.4) is 0 Å². The van der Waals surface area contributed by atoms with Crippen molar-refractivity contribution in [1.29, 1.82) is 0 Å². The van der Waals surface area contributed by atoms with Crippen LogP contribution in [0.25, 0.3) is 0 Å². The molecule has 0 aromatic heterocycles. The van der Waals surface area contributed by atoms with Crippen LogP contribution in [-0.4, -0.2) is 39.6 Å². The maximum atomic E-state index is 5.63. The molecular formula is C25H52O3. The zero-order chi connectivity index (χ0) is 20.4. The smallest absolute Gasteiger partial charge is 0.0701 e. The standard InChI is InChI=1S/C25H52O3/c1-3-5-7-8-9-10-11-12-13-14-15-16-17-19-21-27-23-25-28-24-22-26-20-18-6-4-2/h3-25H2,1-2H3. The average Bonchev–Trinajstić information content (AvgIpc) is 2.71. The average molecular weight is 401 g/mol. The first-order valence-corrected chi connectivity index (χ1v) is 12.6. The zero-order valence-electron chi connectivity index (χ0n) is 19.5. The van der Waals surface area contributed by atoms with Crippen molar-refractivity contribution in [2.45, 2.75) is 123 Å². The van der Waals surface area contributed by atoms with E-state index in [2.05, 4.69) is 13.8 Å². The number of unbranched alkanes of at least 4 members (excludes halogenated alkanes) is 15. The van der Waals surface area contributed by atoms with Gasteiger partial charge >= 0.3 is 0 Å². The van der Waals surface area contributed by atoms with Crippen molar-refractivity contribution in [2.24, 2.45) is 0 Å². The molecule has 0 aromatic carbocycles. The minimum Gasteiger partial charge on any atom is -0.379 e. The first-order chi connectivity index (χ1) is 13.9. The Hall–Kier alpha value is -0.120. The number of rotatable bonds is 25. The molecule has 0 aliphatic rings. The lowest BCUT2D eigenvalue weighted by molar-refractivity contribution is 0.0133. The molecule has 0 rings (SSSR count). The van der Waals surface area contributed by atoms with Crippen molar-refractivity contribution in [1.82, 2.24) is 0 Å². The maximum Gasteiger partial charge on any atom is 0.0701 e. The Labute approximate surface area is 177 Å². The molecule has 170 valence electrons. The molecule has 0 aliphatic heterocycles. The summed E-state index contributed by atoms with van der Waals surface area (Å²) < 4.78 is 16.7. The van der Waals surface area contributed by atoms with Gasteiger partial charge in [-0.2, -0.15) is 0 Å². The fourth-order valence-electron chi connectivity index (χ4n) is 3.39. The van der Waals surface area contributed by atoms with E-state index in [4.69, 9.17) is 14.2 Å². The second-order valence-corrected chi connectivity index (χ2v) is 8.14. The van der Waals surface area contributed by atoms with Crippen LogP contribution in [0.4, 0.5) is 0 Å². The Balaban J connectivity index is 2.96. The van der Waals surface area contributed by atoms with Crippen LogP contribution in [0.5, 0.6) is 0 Å². The predicted molar refractivity (Wildman–Crippen MR) is 122 cm³/mol. The summed E-state index contributed by atoms with van der Waals surface area (Å²) in [6, 6.07) is 0. The molecule has 0 saturated carbocycles. The van der Waals surface area contributed by atoms with Crippen molar-refractivity contribution < 1.29 is 14.2 Å². The number of ether oxygens (including phenoxy) is 3. The van der Waals surface area contributed by atoms with Crippen LogP contribution in [0, 0.1) is 0 Å². The molecule has 0 N–H and O–H groups in total. The molecule has 0 aliphatic carbocycles. The monoisotopic (exact) mass is 400 g/mol. The second kappa shape index (κ2) is 26.9. The quantitative estimate of drug-likeness (QED) is 0.147. The van der Waals surface area contributed by atoms with Gasteiger partial charge in [0.2, 0.25) is 0 Å². The van der Waals surface area contributed by atoms with Gasteiger partial charge in [0.1, 0.15) is 0 Å². The van der Waals surface area contributed by atoms with E-state index in [1.165, 1.54) is 109 Å². The summed E-state index contributed by atoms with van der Waals surface area (Å²) in [6.45, 7) is 9.06. The molecule has 0 unspecified atom stereocenters. The maximum absolute atomic E-state index is 5.63. The summed E-state index contributed by atoms with van der Waals surface area (Å²) in [4.78, 5) is 0. The largest absolute Gasteiger partial charge is 0.379 e. The molecule has 0 aromatic rings. The van der Waals surface area contributed by atoms with Crippen molar-refractivity contribution in [3.63, 3.8) is 0 Å². The van der Waals surface area contributed by atoms with Crippen LogP contribution < -0.4 is 0 Å². The molecule has 0 spiro atoms. The van der Waals surface area contributed by atoms with Gasteiger partial charge in [0.15, 0.2) is 0 Å². The molecular weight excluding hydrogens is 348 g/mol. The third-order valence-electron chi connectivity index (χ3n) is 5.28. The minimum absolute atomic E-state index is 0.689. The normalized spacial score (nSPS) is 11.4.